The highest BCUT2D eigenvalue weighted by Gasteiger charge is 2.21. The van der Waals surface area contributed by atoms with Crippen LogP contribution in [-0.4, -0.2) is 44.6 Å². The number of H-pyrrole nitrogens is 1. The van der Waals surface area contributed by atoms with Crippen molar-refractivity contribution in [1.29, 1.82) is 0 Å². The number of piperidine rings is 1. The fourth-order valence-electron chi connectivity index (χ4n) is 2.85. The lowest BCUT2D eigenvalue weighted by molar-refractivity contribution is 0.411. The van der Waals surface area contributed by atoms with Crippen LogP contribution in [0.2, 0.25) is 0 Å². The van der Waals surface area contributed by atoms with E-state index in [1.165, 1.54) is 0 Å². The second-order valence-electron chi connectivity index (χ2n) is 5.64. The molecule has 0 bridgehead atoms. The zero-order valence-corrected chi connectivity index (χ0v) is 12.7. The quantitative estimate of drug-likeness (QED) is 0.882. The molecule has 2 aromatic heterocycles. The summed E-state index contributed by atoms with van der Waals surface area (Å²) in [6.45, 7) is 7.62. The van der Waals surface area contributed by atoms with E-state index in [0.717, 1.165) is 62.2 Å². The number of aryl methyl sites for hydroxylation is 2. The van der Waals surface area contributed by atoms with Gasteiger partial charge < -0.3 is 10.6 Å². The molecule has 0 spiro atoms. The van der Waals surface area contributed by atoms with Gasteiger partial charge in [-0.05, 0) is 45.2 Å². The molecule has 1 saturated heterocycles. The molecule has 0 amide bonds. The molecule has 2 aromatic rings. The van der Waals surface area contributed by atoms with Crippen molar-refractivity contribution in [2.75, 3.05) is 24.5 Å². The Morgan fingerprint density at radius 1 is 1.38 bits per heavy atom. The van der Waals surface area contributed by atoms with E-state index in [0.29, 0.717) is 5.92 Å². The first-order valence-electron chi connectivity index (χ1n) is 7.63. The number of hydrogen-bond donors (Lipinski definition) is 2. The Labute approximate surface area is 124 Å². The van der Waals surface area contributed by atoms with Crippen molar-refractivity contribution in [3.63, 3.8) is 0 Å². The molecule has 3 rings (SSSR count). The predicted molar refractivity (Wildman–Crippen MR) is 82.0 cm³/mol. The molecule has 1 aliphatic heterocycles. The summed E-state index contributed by atoms with van der Waals surface area (Å²) < 4.78 is 1.94. The van der Waals surface area contributed by atoms with Crippen LogP contribution in [0.15, 0.2) is 6.07 Å². The summed E-state index contributed by atoms with van der Waals surface area (Å²) in [5, 5.41) is 11.9. The average Bonchev–Trinajstić information content (AvgIpc) is 3.13. The van der Waals surface area contributed by atoms with Crippen LogP contribution in [-0.2, 0) is 6.54 Å². The Kier molecular flexibility index (Phi) is 3.92. The Balaban J connectivity index is 1.77. The predicted octanol–water partition coefficient (Wildman–Crippen LogP) is 1.17. The Bertz CT molecular complexity index is 592. The van der Waals surface area contributed by atoms with Crippen LogP contribution in [0.3, 0.4) is 0 Å². The summed E-state index contributed by atoms with van der Waals surface area (Å²) in [6, 6.07) is 2.04. The van der Waals surface area contributed by atoms with E-state index >= 15 is 0 Å². The van der Waals surface area contributed by atoms with E-state index in [1.807, 2.05) is 17.7 Å². The van der Waals surface area contributed by atoms with Gasteiger partial charge in [-0.1, -0.05) is 0 Å². The van der Waals surface area contributed by atoms with Gasteiger partial charge in [0.1, 0.15) is 5.69 Å². The minimum Gasteiger partial charge on any atom is -0.340 e. The summed E-state index contributed by atoms with van der Waals surface area (Å²) in [7, 11) is 0. The van der Waals surface area contributed by atoms with Crippen molar-refractivity contribution in [2.45, 2.75) is 33.2 Å². The summed E-state index contributed by atoms with van der Waals surface area (Å²) in [5.41, 5.74) is 7.72. The van der Waals surface area contributed by atoms with Crippen LogP contribution in [0.25, 0.3) is 11.5 Å². The summed E-state index contributed by atoms with van der Waals surface area (Å²) in [6.07, 6.45) is 2.23. The highest BCUT2D eigenvalue weighted by Crippen LogP contribution is 2.23. The van der Waals surface area contributed by atoms with Crippen LogP contribution in [0, 0.1) is 12.8 Å². The summed E-state index contributed by atoms with van der Waals surface area (Å²) >= 11 is 0. The molecule has 7 heteroatoms. The molecule has 0 atom stereocenters. The third-order valence-electron chi connectivity index (χ3n) is 4.15. The lowest BCUT2D eigenvalue weighted by atomic mass is 9.97. The van der Waals surface area contributed by atoms with Gasteiger partial charge in [0.15, 0.2) is 5.82 Å². The van der Waals surface area contributed by atoms with Gasteiger partial charge in [-0.3, -0.25) is 9.78 Å². The molecule has 0 radical (unpaired) electrons. The molecule has 1 aliphatic rings. The van der Waals surface area contributed by atoms with Gasteiger partial charge in [-0.15, -0.1) is 5.10 Å². The molecular formula is C14H23N7. The van der Waals surface area contributed by atoms with Crippen molar-refractivity contribution in [2.24, 2.45) is 11.7 Å². The lowest BCUT2D eigenvalue weighted by Gasteiger charge is -2.30. The van der Waals surface area contributed by atoms with Crippen LogP contribution in [0.4, 0.5) is 5.95 Å². The maximum Gasteiger partial charge on any atom is 0.245 e. The molecule has 0 saturated carbocycles. The van der Waals surface area contributed by atoms with Gasteiger partial charge in [0.2, 0.25) is 5.95 Å². The van der Waals surface area contributed by atoms with Crippen LogP contribution in [0.1, 0.15) is 25.5 Å². The fraction of sp³-hybridized carbons (Fsp3) is 0.643. The van der Waals surface area contributed by atoms with Crippen molar-refractivity contribution >= 4 is 5.95 Å². The topological polar surface area (TPSA) is 88.7 Å². The molecule has 0 aliphatic carbocycles. The number of nitrogens with zero attached hydrogens (tertiary/aromatic N) is 5. The Morgan fingerprint density at radius 2 is 2.14 bits per heavy atom. The Hall–Kier alpha value is -1.89. The number of aromatic nitrogens is 5. The van der Waals surface area contributed by atoms with Gasteiger partial charge in [-0.2, -0.15) is 10.1 Å². The zero-order chi connectivity index (χ0) is 14.8. The average molecular weight is 289 g/mol. The van der Waals surface area contributed by atoms with Crippen LogP contribution >= 0.6 is 0 Å². The fourth-order valence-corrected chi connectivity index (χ4v) is 2.85. The maximum absolute atomic E-state index is 5.74. The van der Waals surface area contributed by atoms with Gasteiger partial charge in [-0.25, -0.2) is 0 Å². The van der Waals surface area contributed by atoms with E-state index in [2.05, 4.69) is 32.1 Å². The first-order valence-corrected chi connectivity index (χ1v) is 7.63. The maximum atomic E-state index is 5.74. The third-order valence-corrected chi connectivity index (χ3v) is 4.15. The molecule has 1 fully saturated rings. The minimum absolute atomic E-state index is 0.642. The van der Waals surface area contributed by atoms with Crippen LogP contribution < -0.4 is 10.6 Å². The van der Waals surface area contributed by atoms with Gasteiger partial charge in [0.05, 0.1) is 5.69 Å². The standard InChI is InChI=1S/C14H23N7/c1-3-21-12(8-10(2)19-21)13-16-14(18-17-13)20-6-4-11(9-15)5-7-20/h8,11H,3-7,9,15H2,1-2H3,(H,16,17,18). The summed E-state index contributed by atoms with van der Waals surface area (Å²) in [5.74, 6) is 2.21. The number of rotatable bonds is 4. The molecular weight excluding hydrogens is 266 g/mol. The van der Waals surface area contributed by atoms with E-state index in [1.54, 1.807) is 0 Å². The van der Waals surface area contributed by atoms with E-state index < -0.39 is 0 Å². The number of hydrogen-bond acceptors (Lipinski definition) is 5. The van der Waals surface area contributed by atoms with E-state index in [-0.39, 0.29) is 0 Å². The monoisotopic (exact) mass is 289 g/mol. The second kappa shape index (κ2) is 5.85. The molecule has 0 aromatic carbocycles. The van der Waals surface area contributed by atoms with Gasteiger partial charge in [0.25, 0.3) is 0 Å². The van der Waals surface area contributed by atoms with E-state index in [9.17, 15) is 0 Å². The highest BCUT2D eigenvalue weighted by molar-refractivity contribution is 5.52. The largest absolute Gasteiger partial charge is 0.340 e. The molecule has 0 unspecified atom stereocenters. The highest BCUT2D eigenvalue weighted by atomic mass is 15.4. The number of nitrogens with one attached hydrogen (secondary N) is 1. The summed E-state index contributed by atoms with van der Waals surface area (Å²) in [4.78, 5) is 6.87. The lowest BCUT2D eigenvalue weighted by Crippen LogP contribution is -2.36. The van der Waals surface area contributed by atoms with Gasteiger partial charge in [0, 0.05) is 19.6 Å². The molecule has 114 valence electrons. The van der Waals surface area contributed by atoms with Crippen molar-refractivity contribution in [3.05, 3.63) is 11.8 Å². The Morgan fingerprint density at radius 3 is 2.81 bits per heavy atom. The molecule has 7 nitrogen and oxygen atoms in total. The molecule has 3 heterocycles. The number of anilines is 1. The first-order chi connectivity index (χ1) is 10.2. The van der Waals surface area contributed by atoms with Gasteiger partial charge >= 0.3 is 0 Å². The molecule has 21 heavy (non-hydrogen) atoms. The van der Waals surface area contributed by atoms with Crippen molar-refractivity contribution in [3.8, 4) is 11.5 Å². The normalized spacial score (nSPS) is 16.6. The smallest absolute Gasteiger partial charge is 0.245 e. The van der Waals surface area contributed by atoms with Crippen LogP contribution in [0.5, 0.6) is 0 Å². The van der Waals surface area contributed by atoms with E-state index in [4.69, 9.17) is 5.73 Å². The van der Waals surface area contributed by atoms with Crippen molar-refractivity contribution < 1.29 is 0 Å². The molecule has 3 N–H and O–H groups in total. The zero-order valence-electron chi connectivity index (χ0n) is 12.7. The SMILES string of the molecule is CCn1nc(C)cc1-c1nc(N2CCC(CN)CC2)n[nH]1. The number of nitrogens with two attached hydrogens (primary N) is 1. The second-order valence-corrected chi connectivity index (χ2v) is 5.64. The number of aromatic amines is 1. The third kappa shape index (κ3) is 2.78. The first kappa shape index (κ1) is 14.1. The van der Waals surface area contributed by atoms with Crippen molar-refractivity contribution in [1.82, 2.24) is 25.0 Å². The minimum atomic E-state index is 0.642.